The fourth-order valence-corrected chi connectivity index (χ4v) is 1.11. The predicted octanol–water partition coefficient (Wildman–Crippen LogP) is -0.700. The van der Waals surface area contributed by atoms with Crippen LogP contribution in [-0.2, 0) is 4.74 Å². The Balaban J connectivity index is 1.87. The maximum atomic E-state index is 5.62. The van der Waals surface area contributed by atoms with Gasteiger partial charge in [-0.05, 0) is 13.8 Å². The number of rotatable bonds is 7. The highest BCUT2D eigenvalue weighted by atomic mass is 16.6. The fourth-order valence-electron chi connectivity index (χ4n) is 1.11. The predicted molar refractivity (Wildman–Crippen MR) is 53.7 cm³/mol. The lowest BCUT2D eigenvalue weighted by Crippen LogP contribution is -2.42. The van der Waals surface area contributed by atoms with E-state index in [1.807, 2.05) is 6.92 Å². The molecule has 0 aromatic rings. The standard InChI is InChI=1S/C9H21N3O/c1-7(10)3-12-8(2)4-11-5-9-6-13-9/h7-9,11-12H,3-6,10H2,1-2H3. The van der Waals surface area contributed by atoms with E-state index in [2.05, 4.69) is 17.6 Å². The van der Waals surface area contributed by atoms with Crippen LogP contribution in [0.15, 0.2) is 0 Å². The topological polar surface area (TPSA) is 62.6 Å². The Labute approximate surface area is 80.2 Å². The molecule has 0 saturated carbocycles. The van der Waals surface area contributed by atoms with Gasteiger partial charge in [-0.1, -0.05) is 0 Å². The molecule has 0 bridgehead atoms. The van der Waals surface area contributed by atoms with Gasteiger partial charge in [0.25, 0.3) is 0 Å². The molecule has 4 heteroatoms. The van der Waals surface area contributed by atoms with E-state index < -0.39 is 0 Å². The second-order valence-corrected chi connectivity index (χ2v) is 3.90. The number of epoxide rings is 1. The molecular weight excluding hydrogens is 166 g/mol. The molecule has 1 saturated heterocycles. The highest BCUT2D eigenvalue weighted by Crippen LogP contribution is 2.05. The first-order valence-electron chi connectivity index (χ1n) is 4.99. The van der Waals surface area contributed by atoms with Crippen molar-refractivity contribution in [2.75, 3.05) is 26.2 Å². The first-order chi connectivity index (χ1) is 6.18. The molecule has 1 aliphatic rings. The number of nitrogens with one attached hydrogen (secondary N) is 2. The van der Waals surface area contributed by atoms with Crippen LogP contribution in [0.25, 0.3) is 0 Å². The van der Waals surface area contributed by atoms with Gasteiger partial charge >= 0.3 is 0 Å². The third-order valence-corrected chi connectivity index (χ3v) is 2.01. The Bertz CT molecular complexity index is 137. The van der Waals surface area contributed by atoms with E-state index in [0.717, 1.165) is 26.2 Å². The van der Waals surface area contributed by atoms with Gasteiger partial charge in [-0.15, -0.1) is 0 Å². The molecule has 0 amide bonds. The van der Waals surface area contributed by atoms with Gasteiger partial charge in [0.05, 0.1) is 12.7 Å². The highest BCUT2D eigenvalue weighted by Gasteiger charge is 2.21. The van der Waals surface area contributed by atoms with Crippen molar-refractivity contribution in [1.82, 2.24) is 10.6 Å². The molecule has 1 rings (SSSR count). The second-order valence-electron chi connectivity index (χ2n) is 3.90. The minimum atomic E-state index is 0.231. The van der Waals surface area contributed by atoms with Gasteiger partial charge in [-0.25, -0.2) is 0 Å². The lowest BCUT2D eigenvalue weighted by Gasteiger charge is -2.15. The minimum Gasteiger partial charge on any atom is -0.372 e. The Morgan fingerprint density at radius 3 is 2.69 bits per heavy atom. The summed E-state index contributed by atoms with van der Waals surface area (Å²) in [7, 11) is 0. The summed E-state index contributed by atoms with van der Waals surface area (Å²) in [4.78, 5) is 0. The average molecular weight is 187 g/mol. The van der Waals surface area contributed by atoms with Crippen molar-refractivity contribution in [2.24, 2.45) is 5.73 Å². The maximum Gasteiger partial charge on any atom is 0.0933 e. The second kappa shape index (κ2) is 5.54. The van der Waals surface area contributed by atoms with Crippen molar-refractivity contribution >= 4 is 0 Å². The van der Waals surface area contributed by atoms with E-state index in [-0.39, 0.29) is 6.04 Å². The van der Waals surface area contributed by atoms with E-state index in [4.69, 9.17) is 10.5 Å². The van der Waals surface area contributed by atoms with Crippen LogP contribution in [0.4, 0.5) is 0 Å². The molecule has 0 aromatic carbocycles. The smallest absolute Gasteiger partial charge is 0.0933 e. The summed E-state index contributed by atoms with van der Waals surface area (Å²) in [6, 6.07) is 0.707. The Kier molecular flexibility index (Phi) is 4.66. The molecule has 3 atom stereocenters. The van der Waals surface area contributed by atoms with Crippen molar-refractivity contribution < 1.29 is 4.74 Å². The van der Waals surface area contributed by atoms with Gasteiger partial charge < -0.3 is 21.1 Å². The van der Waals surface area contributed by atoms with Gasteiger partial charge in [0, 0.05) is 31.7 Å². The lowest BCUT2D eigenvalue weighted by molar-refractivity contribution is 0.389. The van der Waals surface area contributed by atoms with Crippen molar-refractivity contribution in [3.05, 3.63) is 0 Å². The number of hydrogen-bond acceptors (Lipinski definition) is 4. The molecule has 4 nitrogen and oxygen atoms in total. The molecule has 1 fully saturated rings. The molecule has 1 aliphatic heterocycles. The van der Waals surface area contributed by atoms with Crippen LogP contribution in [-0.4, -0.2) is 44.4 Å². The molecule has 13 heavy (non-hydrogen) atoms. The number of hydrogen-bond donors (Lipinski definition) is 3. The number of nitrogens with two attached hydrogens (primary N) is 1. The van der Waals surface area contributed by atoms with Crippen LogP contribution >= 0.6 is 0 Å². The zero-order valence-electron chi connectivity index (χ0n) is 8.55. The average Bonchev–Trinajstić information content (AvgIpc) is 2.84. The van der Waals surface area contributed by atoms with E-state index in [0.29, 0.717) is 12.1 Å². The van der Waals surface area contributed by atoms with Crippen molar-refractivity contribution in [3.63, 3.8) is 0 Å². The van der Waals surface area contributed by atoms with E-state index >= 15 is 0 Å². The first kappa shape index (κ1) is 10.9. The zero-order valence-corrected chi connectivity index (χ0v) is 8.55. The minimum absolute atomic E-state index is 0.231. The molecule has 78 valence electrons. The SMILES string of the molecule is CC(N)CNC(C)CNCC1CO1. The van der Waals surface area contributed by atoms with Crippen molar-refractivity contribution in [3.8, 4) is 0 Å². The summed E-state index contributed by atoms with van der Waals surface area (Å²) in [6.07, 6.45) is 0.473. The van der Waals surface area contributed by atoms with Crippen LogP contribution in [0.2, 0.25) is 0 Å². The van der Waals surface area contributed by atoms with Gasteiger partial charge in [0.2, 0.25) is 0 Å². The highest BCUT2D eigenvalue weighted by molar-refractivity contribution is 4.74. The van der Waals surface area contributed by atoms with Crippen LogP contribution in [0.1, 0.15) is 13.8 Å². The molecule has 0 radical (unpaired) electrons. The summed E-state index contributed by atoms with van der Waals surface area (Å²) < 4.78 is 5.09. The summed E-state index contributed by atoms with van der Waals surface area (Å²) in [5, 5.41) is 6.69. The summed E-state index contributed by atoms with van der Waals surface area (Å²) in [5.41, 5.74) is 5.62. The quantitative estimate of drug-likeness (QED) is 0.461. The summed E-state index contributed by atoms with van der Waals surface area (Å²) in [6.45, 7) is 7.92. The van der Waals surface area contributed by atoms with Crippen molar-refractivity contribution in [2.45, 2.75) is 32.0 Å². The van der Waals surface area contributed by atoms with E-state index in [1.165, 1.54) is 0 Å². The largest absolute Gasteiger partial charge is 0.372 e. The summed E-state index contributed by atoms with van der Waals surface area (Å²) >= 11 is 0. The Morgan fingerprint density at radius 1 is 1.46 bits per heavy atom. The molecular formula is C9H21N3O. The lowest BCUT2D eigenvalue weighted by atomic mass is 10.3. The number of ether oxygens (including phenoxy) is 1. The fraction of sp³-hybridized carbons (Fsp3) is 1.00. The van der Waals surface area contributed by atoms with Gasteiger partial charge in [-0.3, -0.25) is 0 Å². The van der Waals surface area contributed by atoms with Crippen LogP contribution < -0.4 is 16.4 Å². The van der Waals surface area contributed by atoms with E-state index in [1.54, 1.807) is 0 Å². The molecule has 4 N–H and O–H groups in total. The third-order valence-electron chi connectivity index (χ3n) is 2.01. The van der Waals surface area contributed by atoms with Crippen LogP contribution in [0.5, 0.6) is 0 Å². The monoisotopic (exact) mass is 187 g/mol. The molecule has 3 unspecified atom stereocenters. The molecule has 0 aromatic heterocycles. The molecule has 0 spiro atoms. The zero-order chi connectivity index (χ0) is 9.68. The van der Waals surface area contributed by atoms with Crippen molar-refractivity contribution in [1.29, 1.82) is 0 Å². The normalized spacial score (nSPS) is 25.6. The van der Waals surface area contributed by atoms with Crippen LogP contribution in [0, 0.1) is 0 Å². The Hall–Kier alpha value is -0.160. The van der Waals surface area contributed by atoms with Gasteiger partial charge in [0.15, 0.2) is 0 Å². The summed E-state index contributed by atoms with van der Waals surface area (Å²) in [5.74, 6) is 0. The Morgan fingerprint density at radius 2 is 2.15 bits per heavy atom. The molecule has 1 heterocycles. The van der Waals surface area contributed by atoms with Gasteiger partial charge in [0.1, 0.15) is 0 Å². The maximum absolute atomic E-state index is 5.62. The van der Waals surface area contributed by atoms with Gasteiger partial charge in [-0.2, -0.15) is 0 Å². The van der Waals surface area contributed by atoms with Crippen LogP contribution in [0.3, 0.4) is 0 Å². The first-order valence-corrected chi connectivity index (χ1v) is 4.99. The van der Waals surface area contributed by atoms with E-state index in [9.17, 15) is 0 Å². The third kappa shape index (κ3) is 5.99. The molecule has 0 aliphatic carbocycles.